The van der Waals surface area contributed by atoms with Crippen molar-refractivity contribution in [2.45, 2.75) is 65.5 Å². The highest BCUT2D eigenvalue weighted by atomic mass is 16.5. The van der Waals surface area contributed by atoms with E-state index >= 15 is 0 Å². The standard InChI is InChI=1S/C23H30N2O5/c1-14-6-8-17(9-7-14)19(27)16(3)30-18(26)12-25-20(28)23(24-21(25)29)11-15(2)10-22(4,5)13-23/h6-9,15-16H,10-13H2,1-5H3,(H,24,29)/t15-,16+,23-/m1/s1. The highest BCUT2D eigenvalue weighted by Crippen LogP contribution is 2.46. The number of imide groups is 1. The van der Waals surface area contributed by atoms with Crippen LogP contribution in [-0.4, -0.2) is 46.8 Å². The van der Waals surface area contributed by atoms with Crippen LogP contribution in [-0.2, 0) is 14.3 Å². The van der Waals surface area contributed by atoms with E-state index in [0.29, 0.717) is 18.4 Å². The van der Waals surface area contributed by atoms with Gasteiger partial charge in [0.15, 0.2) is 6.10 Å². The molecule has 1 heterocycles. The Labute approximate surface area is 177 Å². The van der Waals surface area contributed by atoms with E-state index in [1.54, 1.807) is 24.3 Å². The summed E-state index contributed by atoms with van der Waals surface area (Å²) in [5, 5.41) is 2.83. The van der Waals surface area contributed by atoms with Crippen LogP contribution in [0.4, 0.5) is 4.79 Å². The first-order valence-corrected chi connectivity index (χ1v) is 10.4. The molecule has 0 aromatic heterocycles. The number of carbonyl (C=O) groups is 4. The number of amides is 3. The number of hydrogen-bond acceptors (Lipinski definition) is 5. The lowest BCUT2D eigenvalue weighted by molar-refractivity contribution is -0.150. The summed E-state index contributed by atoms with van der Waals surface area (Å²) >= 11 is 0. The lowest BCUT2D eigenvalue weighted by atomic mass is 9.64. The Morgan fingerprint density at radius 2 is 1.83 bits per heavy atom. The van der Waals surface area contributed by atoms with Gasteiger partial charge >= 0.3 is 12.0 Å². The first-order valence-electron chi connectivity index (χ1n) is 10.4. The smallest absolute Gasteiger partial charge is 0.326 e. The number of esters is 1. The molecule has 162 valence electrons. The van der Waals surface area contributed by atoms with E-state index in [-0.39, 0.29) is 23.0 Å². The second-order valence-corrected chi connectivity index (χ2v) is 9.62. The largest absolute Gasteiger partial charge is 0.453 e. The lowest BCUT2D eigenvalue weighted by Gasteiger charge is -2.43. The van der Waals surface area contributed by atoms with Crippen molar-refractivity contribution in [2.24, 2.45) is 11.3 Å². The summed E-state index contributed by atoms with van der Waals surface area (Å²) in [6.07, 6.45) is 1.04. The monoisotopic (exact) mass is 414 g/mol. The number of ketones is 1. The summed E-state index contributed by atoms with van der Waals surface area (Å²) in [4.78, 5) is 51.4. The van der Waals surface area contributed by atoms with E-state index in [2.05, 4.69) is 26.1 Å². The third kappa shape index (κ3) is 4.40. The van der Waals surface area contributed by atoms with Crippen molar-refractivity contribution in [1.29, 1.82) is 0 Å². The van der Waals surface area contributed by atoms with Crippen molar-refractivity contribution in [3.05, 3.63) is 35.4 Å². The predicted molar refractivity (Wildman–Crippen MR) is 111 cm³/mol. The van der Waals surface area contributed by atoms with Crippen LogP contribution < -0.4 is 5.32 Å². The number of rotatable bonds is 5. The van der Waals surface area contributed by atoms with Gasteiger partial charge in [0.2, 0.25) is 5.78 Å². The number of Topliss-reactive ketones (excluding diaryl/α,β-unsaturated/α-hetero) is 1. The van der Waals surface area contributed by atoms with Crippen LogP contribution in [0.3, 0.4) is 0 Å². The van der Waals surface area contributed by atoms with Gasteiger partial charge in [0.25, 0.3) is 5.91 Å². The number of aryl methyl sites for hydroxylation is 1. The molecule has 0 radical (unpaired) electrons. The van der Waals surface area contributed by atoms with Gasteiger partial charge in [0, 0.05) is 5.56 Å². The number of hydrogen-bond donors (Lipinski definition) is 1. The van der Waals surface area contributed by atoms with Gasteiger partial charge in [0.05, 0.1) is 0 Å². The molecule has 1 aliphatic heterocycles. The van der Waals surface area contributed by atoms with Crippen LogP contribution in [0.15, 0.2) is 24.3 Å². The summed E-state index contributed by atoms with van der Waals surface area (Å²) in [5.41, 5.74) is 0.394. The number of nitrogens with zero attached hydrogens (tertiary/aromatic N) is 1. The van der Waals surface area contributed by atoms with E-state index in [4.69, 9.17) is 4.74 Å². The fraction of sp³-hybridized carbons (Fsp3) is 0.565. The van der Waals surface area contributed by atoms with Crippen LogP contribution in [0.2, 0.25) is 0 Å². The molecule has 3 rings (SSSR count). The number of ether oxygens (including phenoxy) is 1. The molecule has 1 saturated heterocycles. The molecule has 1 N–H and O–H groups in total. The van der Waals surface area contributed by atoms with Crippen molar-refractivity contribution in [2.75, 3.05) is 6.54 Å². The summed E-state index contributed by atoms with van der Waals surface area (Å²) in [5.74, 6) is -1.23. The Hall–Kier alpha value is -2.70. The maximum absolute atomic E-state index is 13.1. The molecule has 30 heavy (non-hydrogen) atoms. The summed E-state index contributed by atoms with van der Waals surface area (Å²) in [7, 11) is 0. The SMILES string of the molecule is Cc1ccc(C(=O)[C@H](C)OC(=O)CN2C(=O)N[C@@]3(C[C@H](C)CC(C)(C)C3)C2=O)cc1. The molecule has 1 saturated carbocycles. The minimum absolute atomic E-state index is 0.0912. The molecule has 7 nitrogen and oxygen atoms in total. The number of urea groups is 1. The zero-order valence-corrected chi connectivity index (χ0v) is 18.3. The van der Waals surface area contributed by atoms with Crippen LogP contribution in [0.1, 0.15) is 62.9 Å². The van der Waals surface area contributed by atoms with Gasteiger partial charge in [-0.25, -0.2) is 4.79 Å². The van der Waals surface area contributed by atoms with Crippen molar-refractivity contribution in [1.82, 2.24) is 10.2 Å². The Bertz CT molecular complexity index is 876. The van der Waals surface area contributed by atoms with Gasteiger partial charge in [0.1, 0.15) is 12.1 Å². The van der Waals surface area contributed by atoms with E-state index in [9.17, 15) is 19.2 Å². The molecule has 7 heteroatoms. The molecule has 3 amide bonds. The normalized spacial score (nSPS) is 26.4. The maximum atomic E-state index is 13.1. The highest BCUT2D eigenvalue weighted by molar-refractivity contribution is 6.09. The van der Waals surface area contributed by atoms with Crippen molar-refractivity contribution < 1.29 is 23.9 Å². The zero-order chi connectivity index (χ0) is 22.3. The minimum Gasteiger partial charge on any atom is -0.453 e. The van der Waals surface area contributed by atoms with E-state index < -0.39 is 30.2 Å². The molecule has 0 bridgehead atoms. The zero-order valence-electron chi connectivity index (χ0n) is 18.3. The van der Waals surface area contributed by atoms with E-state index in [1.807, 2.05) is 6.92 Å². The Kier molecular flexibility index (Phi) is 5.76. The van der Waals surface area contributed by atoms with Crippen LogP contribution in [0, 0.1) is 18.3 Å². The Morgan fingerprint density at radius 3 is 2.43 bits per heavy atom. The lowest BCUT2D eigenvalue weighted by Crippen LogP contribution is -2.54. The third-order valence-electron chi connectivity index (χ3n) is 5.92. The van der Waals surface area contributed by atoms with Gasteiger partial charge in [-0.15, -0.1) is 0 Å². The van der Waals surface area contributed by atoms with Gasteiger partial charge < -0.3 is 10.1 Å². The molecule has 2 fully saturated rings. The molecule has 1 aromatic rings. The molecule has 0 unspecified atom stereocenters. The van der Waals surface area contributed by atoms with Crippen LogP contribution >= 0.6 is 0 Å². The topological polar surface area (TPSA) is 92.8 Å². The summed E-state index contributed by atoms with van der Waals surface area (Å²) in [6, 6.07) is 6.38. The predicted octanol–water partition coefficient (Wildman–Crippen LogP) is 3.25. The van der Waals surface area contributed by atoms with Gasteiger partial charge in [-0.1, -0.05) is 50.6 Å². The summed E-state index contributed by atoms with van der Waals surface area (Å²) in [6.45, 7) is 9.12. The van der Waals surface area contributed by atoms with Crippen molar-refractivity contribution >= 4 is 23.7 Å². The molecule has 1 aliphatic carbocycles. The van der Waals surface area contributed by atoms with E-state index in [1.165, 1.54) is 6.92 Å². The number of nitrogens with one attached hydrogen (secondary N) is 1. The molecular formula is C23H30N2O5. The molecule has 1 spiro atoms. The average molecular weight is 415 g/mol. The molecular weight excluding hydrogens is 384 g/mol. The number of carbonyl (C=O) groups excluding carboxylic acids is 4. The quantitative estimate of drug-likeness (QED) is 0.454. The van der Waals surface area contributed by atoms with Crippen LogP contribution in [0.5, 0.6) is 0 Å². The first-order chi connectivity index (χ1) is 13.9. The third-order valence-corrected chi connectivity index (χ3v) is 5.92. The molecule has 3 atom stereocenters. The van der Waals surface area contributed by atoms with Gasteiger partial charge in [-0.2, -0.15) is 0 Å². The average Bonchev–Trinajstić information content (AvgIpc) is 2.83. The van der Waals surface area contributed by atoms with E-state index in [0.717, 1.165) is 16.9 Å². The second-order valence-electron chi connectivity index (χ2n) is 9.62. The van der Waals surface area contributed by atoms with Crippen molar-refractivity contribution in [3.8, 4) is 0 Å². The number of benzene rings is 1. The van der Waals surface area contributed by atoms with Gasteiger partial charge in [-0.05, 0) is 44.4 Å². The molecule has 2 aliphatic rings. The molecule has 1 aromatic carbocycles. The Balaban J connectivity index is 1.65. The Morgan fingerprint density at radius 1 is 1.20 bits per heavy atom. The van der Waals surface area contributed by atoms with Crippen LogP contribution in [0.25, 0.3) is 0 Å². The first kappa shape index (κ1) is 22.0. The summed E-state index contributed by atoms with van der Waals surface area (Å²) < 4.78 is 5.23. The maximum Gasteiger partial charge on any atom is 0.326 e. The fourth-order valence-corrected chi connectivity index (χ4v) is 5.02. The van der Waals surface area contributed by atoms with Gasteiger partial charge in [-0.3, -0.25) is 19.3 Å². The highest BCUT2D eigenvalue weighted by Gasteiger charge is 2.56. The minimum atomic E-state index is -1.01. The second kappa shape index (κ2) is 7.85. The van der Waals surface area contributed by atoms with Crippen molar-refractivity contribution in [3.63, 3.8) is 0 Å². The fourth-order valence-electron chi connectivity index (χ4n) is 5.02.